The predicted molar refractivity (Wildman–Crippen MR) is 56.9 cm³/mol. The van der Waals surface area contributed by atoms with Crippen LogP contribution in [0.5, 0.6) is 0 Å². The van der Waals surface area contributed by atoms with Gasteiger partial charge >= 0.3 is 0 Å². The number of thiophene rings is 1. The first-order valence-electron chi connectivity index (χ1n) is 4.48. The molecule has 0 spiro atoms. The van der Waals surface area contributed by atoms with E-state index >= 15 is 0 Å². The van der Waals surface area contributed by atoms with Crippen molar-refractivity contribution in [1.29, 1.82) is 0 Å². The number of aliphatic hydroxyl groups is 1. The molecule has 0 aromatic carbocycles. The standard InChI is InChI=1S/C10H17NOS/c1-10(2,8-12)7-11-6-9-4-3-5-13-9/h3-5,11-12H,6-8H2,1-2H3. The second kappa shape index (κ2) is 4.74. The fraction of sp³-hybridized carbons (Fsp3) is 0.600. The Balaban J connectivity index is 2.21. The van der Waals surface area contributed by atoms with Crippen LogP contribution in [0.4, 0.5) is 0 Å². The first-order chi connectivity index (χ1) is 6.14. The Bertz CT molecular complexity index is 231. The average Bonchev–Trinajstić information content (AvgIpc) is 2.57. The van der Waals surface area contributed by atoms with Crippen LogP contribution in [0.3, 0.4) is 0 Å². The van der Waals surface area contributed by atoms with Gasteiger partial charge in [-0.25, -0.2) is 0 Å². The van der Waals surface area contributed by atoms with Gasteiger partial charge in [0.2, 0.25) is 0 Å². The molecule has 2 nitrogen and oxygen atoms in total. The van der Waals surface area contributed by atoms with E-state index in [2.05, 4.69) is 36.7 Å². The van der Waals surface area contributed by atoms with Crippen molar-refractivity contribution < 1.29 is 5.11 Å². The minimum Gasteiger partial charge on any atom is -0.396 e. The van der Waals surface area contributed by atoms with Crippen LogP contribution in [-0.2, 0) is 6.54 Å². The van der Waals surface area contributed by atoms with E-state index < -0.39 is 0 Å². The maximum atomic E-state index is 9.01. The maximum absolute atomic E-state index is 9.01. The molecule has 13 heavy (non-hydrogen) atoms. The van der Waals surface area contributed by atoms with Gasteiger partial charge in [0.25, 0.3) is 0 Å². The lowest BCUT2D eigenvalue weighted by molar-refractivity contribution is 0.157. The molecule has 2 N–H and O–H groups in total. The summed E-state index contributed by atoms with van der Waals surface area (Å²) in [5.74, 6) is 0. The van der Waals surface area contributed by atoms with Gasteiger partial charge in [0, 0.05) is 30.0 Å². The van der Waals surface area contributed by atoms with Gasteiger partial charge in [-0.05, 0) is 11.4 Å². The van der Waals surface area contributed by atoms with Gasteiger partial charge < -0.3 is 10.4 Å². The molecule has 74 valence electrons. The first kappa shape index (κ1) is 10.7. The van der Waals surface area contributed by atoms with Gasteiger partial charge in [-0.1, -0.05) is 19.9 Å². The molecule has 0 aliphatic rings. The molecule has 3 heteroatoms. The van der Waals surface area contributed by atoms with E-state index in [0.717, 1.165) is 13.1 Å². The quantitative estimate of drug-likeness (QED) is 0.758. The van der Waals surface area contributed by atoms with Gasteiger partial charge in [-0.2, -0.15) is 0 Å². The monoisotopic (exact) mass is 199 g/mol. The Morgan fingerprint density at radius 3 is 2.85 bits per heavy atom. The highest BCUT2D eigenvalue weighted by Gasteiger charge is 2.15. The molecule has 0 amide bonds. The van der Waals surface area contributed by atoms with Crippen LogP contribution in [-0.4, -0.2) is 18.3 Å². The lowest BCUT2D eigenvalue weighted by Crippen LogP contribution is -2.31. The lowest BCUT2D eigenvalue weighted by atomic mass is 9.95. The van der Waals surface area contributed by atoms with Crippen LogP contribution in [0.15, 0.2) is 17.5 Å². The number of nitrogens with one attached hydrogen (secondary N) is 1. The first-order valence-corrected chi connectivity index (χ1v) is 5.36. The van der Waals surface area contributed by atoms with Crippen molar-refractivity contribution >= 4 is 11.3 Å². The van der Waals surface area contributed by atoms with Crippen molar-refractivity contribution in [1.82, 2.24) is 5.32 Å². The molecule has 1 rings (SSSR count). The van der Waals surface area contributed by atoms with Crippen molar-refractivity contribution in [2.75, 3.05) is 13.2 Å². The third-order valence-electron chi connectivity index (χ3n) is 1.91. The topological polar surface area (TPSA) is 32.3 Å². The molecular formula is C10H17NOS. The molecule has 0 radical (unpaired) electrons. The smallest absolute Gasteiger partial charge is 0.0494 e. The van der Waals surface area contributed by atoms with Gasteiger partial charge in [-0.15, -0.1) is 11.3 Å². The molecule has 0 aliphatic heterocycles. The maximum Gasteiger partial charge on any atom is 0.0494 e. The van der Waals surface area contributed by atoms with Crippen LogP contribution in [0.2, 0.25) is 0 Å². The molecule has 1 aromatic heterocycles. The van der Waals surface area contributed by atoms with Crippen molar-refractivity contribution in [3.8, 4) is 0 Å². The van der Waals surface area contributed by atoms with E-state index in [9.17, 15) is 0 Å². The Labute approximate surface area is 83.6 Å². The van der Waals surface area contributed by atoms with E-state index in [4.69, 9.17) is 5.11 Å². The van der Waals surface area contributed by atoms with Crippen molar-refractivity contribution in [3.63, 3.8) is 0 Å². The fourth-order valence-electron chi connectivity index (χ4n) is 0.993. The Hall–Kier alpha value is -0.380. The molecule has 0 atom stereocenters. The lowest BCUT2D eigenvalue weighted by Gasteiger charge is -2.21. The minimum absolute atomic E-state index is 0.0166. The average molecular weight is 199 g/mol. The fourth-order valence-corrected chi connectivity index (χ4v) is 1.67. The third-order valence-corrected chi connectivity index (χ3v) is 2.79. The minimum atomic E-state index is -0.0166. The summed E-state index contributed by atoms with van der Waals surface area (Å²) < 4.78 is 0. The summed E-state index contributed by atoms with van der Waals surface area (Å²) in [5, 5.41) is 14.4. The second-order valence-corrected chi connectivity index (χ2v) is 5.04. The summed E-state index contributed by atoms with van der Waals surface area (Å²) in [7, 11) is 0. The Morgan fingerprint density at radius 2 is 2.31 bits per heavy atom. The molecule has 0 saturated carbocycles. The zero-order valence-electron chi connectivity index (χ0n) is 8.21. The molecule has 0 fully saturated rings. The third kappa shape index (κ3) is 3.89. The van der Waals surface area contributed by atoms with Crippen LogP contribution in [0.25, 0.3) is 0 Å². The van der Waals surface area contributed by atoms with Crippen molar-refractivity contribution in [2.45, 2.75) is 20.4 Å². The second-order valence-electron chi connectivity index (χ2n) is 4.01. The molecular weight excluding hydrogens is 182 g/mol. The van der Waals surface area contributed by atoms with Gasteiger partial charge in [0.15, 0.2) is 0 Å². The number of hydrogen-bond donors (Lipinski definition) is 2. The zero-order valence-corrected chi connectivity index (χ0v) is 9.03. The van der Waals surface area contributed by atoms with E-state index in [-0.39, 0.29) is 12.0 Å². The van der Waals surface area contributed by atoms with Crippen molar-refractivity contribution in [3.05, 3.63) is 22.4 Å². The molecule has 0 saturated heterocycles. The molecule has 0 aliphatic carbocycles. The Morgan fingerprint density at radius 1 is 1.54 bits per heavy atom. The van der Waals surface area contributed by atoms with Gasteiger partial charge in [-0.3, -0.25) is 0 Å². The van der Waals surface area contributed by atoms with E-state index in [1.54, 1.807) is 11.3 Å². The SMILES string of the molecule is CC(C)(CO)CNCc1cccs1. The summed E-state index contributed by atoms with van der Waals surface area (Å²) in [6, 6.07) is 4.17. The molecule has 0 bridgehead atoms. The van der Waals surface area contributed by atoms with Gasteiger partial charge in [0.1, 0.15) is 0 Å². The van der Waals surface area contributed by atoms with Gasteiger partial charge in [0.05, 0.1) is 0 Å². The van der Waals surface area contributed by atoms with E-state index in [1.165, 1.54) is 4.88 Å². The number of aliphatic hydroxyl groups excluding tert-OH is 1. The highest BCUT2D eigenvalue weighted by atomic mass is 32.1. The summed E-state index contributed by atoms with van der Waals surface area (Å²) >= 11 is 1.76. The highest BCUT2D eigenvalue weighted by molar-refractivity contribution is 7.09. The predicted octanol–water partition coefficient (Wildman–Crippen LogP) is 1.86. The Kier molecular flexibility index (Phi) is 3.90. The summed E-state index contributed by atoms with van der Waals surface area (Å²) in [6.45, 7) is 6.08. The molecule has 1 aromatic rings. The highest BCUT2D eigenvalue weighted by Crippen LogP contribution is 2.12. The summed E-state index contributed by atoms with van der Waals surface area (Å²) in [5.41, 5.74) is -0.0166. The van der Waals surface area contributed by atoms with Crippen LogP contribution >= 0.6 is 11.3 Å². The van der Waals surface area contributed by atoms with Crippen LogP contribution < -0.4 is 5.32 Å². The number of rotatable bonds is 5. The summed E-state index contributed by atoms with van der Waals surface area (Å²) in [6.07, 6.45) is 0. The largest absolute Gasteiger partial charge is 0.396 e. The van der Waals surface area contributed by atoms with Crippen molar-refractivity contribution in [2.24, 2.45) is 5.41 Å². The molecule has 0 unspecified atom stereocenters. The normalized spacial score (nSPS) is 11.9. The number of hydrogen-bond acceptors (Lipinski definition) is 3. The van der Waals surface area contributed by atoms with Crippen LogP contribution in [0, 0.1) is 5.41 Å². The summed E-state index contributed by atoms with van der Waals surface area (Å²) in [4.78, 5) is 1.34. The zero-order chi connectivity index (χ0) is 9.73. The van der Waals surface area contributed by atoms with E-state index in [0.29, 0.717) is 0 Å². The van der Waals surface area contributed by atoms with E-state index in [1.807, 2.05) is 0 Å². The molecule has 1 heterocycles. The van der Waals surface area contributed by atoms with Crippen LogP contribution in [0.1, 0.15) is 18.7 Å².